The number of ether oxygens (including phenoxy) is 2. The average molecular weight is 499 g/mol. The first-order chi connectivity index (χ1) is 16.3. The van der Waals surface area contributed by atoms with Gasteiger partial charge in [-0.2, -0.15) is 0 Å². The number of nitrogens with zero attached hydrogens (tertiary/aromatic N) is 1. The standard InChI is InChI=1S/C25H23ClN2O5S/c1-32-22-11-10-19(13-23(22)33-2)27-25(29)15-28-14-24(20-8-3-4-9-21(20)28)34(30,31)16-17-6-5-7-18(26)12-17/h3-14H,15-16H2,1-2H3,(H,27,29). The minimum absolute atomic E-state index is 0.0679. The van der Waals surface area contributed by atoms with Gasteiger partial charge in [0.2, 0.25) is 5.91 Å². The van der Waals surface area contributed by atoms with E-state index < -0.39 is 9.84 Å². The zero-order valence-corrected chi connectivity index (χ0v) is 20.2. The number of methoxy groups -OCH3 is 2. The van der Waals surface area contributed by atoms with Crippen molar-refractivity contribution in [3.8, 4) is 11.5 Å². The number of benzene rings is 3. The lowest BCUT2D eigenvalue weighted by Crippen LogP contribution is -2.18. The third-order valence-electron chi connectivity index (χ3n) is 5.31. The number of nitrogens with one attached hydrogen (secondary N) is 1. The smallest absolute Gasteiger partial charge is 0.244 e. The number of fused-ring (bicyclic) bond motifs is 1. The Kier molecular flexibility index (Phi) is 6.81. The molecule has 0 bridgehead atoms. The number of sulfone groups is 1. The molecule has 0 saturated heterocycles. The van der Waals surface area contributed by atoms with Crippen molar-refractivity contribution in [1.29, 1.82) is 0 Å². The van der Waals surface area contributed by atoms with Crippen molar-refractivity contribution in [1.82, 2.24) is 4.57 Å². The molecule has 0 fully saturated rings. The number of hydrogen-bond acceptors (Lipinski definition) is 5. The van der Waals surface area contributed by atoms with E-state index in [9.17, 15) is 13.2 Å². The summed E-state index contributed by atoms with van der Waals surface area (Å²) in [6, 6.07) is 18.9. The van der Waals surface area contributed by atoms with Crippen molar-refractivity contribution in [2.45, 2.75) is 17.2 Å². The molecule has 0 atom stereocenters. The average Bonchev–Trinajstić information content (AvgIpc) is 3.18. The highest BCUT2D eigenvalue weighted by molar-refractivity contribution is 7.90. The fraction of sp³-hybridized carbons (Fsp3) is 0.160. The van der Waals surface area contributed by atoms with Crippen LogP contribution in [-0.4, -0.2) is 33.1 Å². The molecule has 9 heteroatoms. The summed E-state index contributed by atoms with van der Waals surface area (Å²) in [5.41, 5.74) is 1.78. The third-order valence-corrected chi connectivity index (χ3v) is 7.26. The van der Waals surface area contributed by atoms with Gasteiger partial charge in [0, 0.05) is 33.9 Å². The van der Waals surface area contributed by atoms with E-state index >= 15 is 0 Å². The predicted molar refractivity (Wildman–Crippen MR) is 132 cm³/mol. The quantitative estimate of drug-likeness (QED) is 0.372. The number of amides is 1. The van der Waals surface area contributed by atoms with Crippen molar-refractivity contribution in [2.75, 3.05) is 19.5 Å². The van der Waals surface area contributed by atoms with Crippen LogP contribution in [0.3, 0.4) is 0 Å². The summed E-state index contributed by atoms with van der Waals surface area (Å²) >= 11 is 6.02. The lowest BCUT2D eigenvalue weighted by molar-refractivity contribution is -0.116. The van der Waals surface area contributed by atoms with E-state index in [2.05, 4.69) is 5.32 Å². The van der Waals surface area contributed by atoms with Crippen LogP contribution in [-0.2, 0) is 26.9 Å². The highest BCUT2D eigenvalue weighted by atomic mass is 35.5. The van der Waals surface area contributed by atoms with Crippen LogP contribution < -0.4 is 14.8 Å². The van der Waals surface area contributed by atoms with Gasteiger partial charge in [0.1, 0.15) is 6.54 Å². The first-order valence-corrected chi connectivity index (χ1v) is 12.4. The largest absolute Gasteiger partial charge is 0.493 e. The van der Waals surface area contributed by atoms with Gasteiger partial charge in [-0.05, 0) is 35.9 Å². The second-order valence-corrected chi connectivity index (χ2v) is 10.0. The van der Waals surface area contributed by atoms with Crippen molar-refractivity contribution < 1.29 is 22.7 Å². The van der Waals surface area contributed by atoms with Gasteiger partial charge in [-0.1, -0.05) is 41.9 Å². The number of anilines is 1. The summed E-state index contributed by atoms with van der Waals surface area (Å²) in [6.07, 6.45) is 1.51. The normalized spacial score (nSPS) is 11.4. The third kappa shape index (κ3) is 5.03. The molecule has 7 nitrogen and oxygen atoms in total. The molecule has 1 heterocycles. The summed E-state index contributed by atoms with van der Waals surface area (Å²) in [7, 11) is -0.641. The molecule has 34 heavy (non-hydrogen) atoms. The second-order valence-electron chi connectivity index (χ2n) is 7.65. The highest BCUT2D eigenvalue weighted by Crippen LogP contribution is 2.31. The molecule has 0 unspecified atom stereocenters. The molecule has 1 N–H and O–H groups in total. The summed E-state index contributed by atoms with van der Waals surface area (Å²) in [4.78, 5) is 13.0. The molecular weight excluding hydrogens is 476 g/mol. The maximum Gasteiger partial charge on any atom is 0.244 e. The Morgan fingerprint density at radius 3 is 2.47 bits per heavy atom. The van der Waals surface area contributed by atoms with Crippen LogP contribution in [0.15, 0.2) is 77.8 Å². The van der Waals surface area contributed by atoms with Crippen molar-refractivity contribution in [3.63, 3.8) is 0 Å². The number of para-hydroxylation sites is 1. The van der Waals surface area contributed by atoms with Gasteiger partial charge in [0.05, 0.1) is 24.9 Å². The highest BCUT2D eigenvalue weighted by Gasteiger charge is 2.22. The van der Waals surface area contributed by atoms with E-state index in [4.69, 9.17) is 21.1 Å². The van der Waals surface area contributed by atoms with Crippen LogP contribution in [0, 0.1) is 0 Å². The lowest BCUT2D eigenvalue weighted by atomic mass is 10.2. The first-order valence-electron chi connectivity index (χ1n) is 10.4. The maximum atomic E-state index is 13.3. The van der Waals surface area contributed by atoms with E-state index in [1.54, 1.807) is 71.3 Å². The number of halogens is 1. The molecule has 1 amide bonds. The van der Waals surface area contributed by atoms with Gasteiger partial charge in [0.25, 0.3) is 0 Å². The van der Waals surface area contributed by atoms with Crippen LogP contribution in [0.1, 0.15) is 5.56 Å². The van der Waals surface area contributed by atoms with E-state index in [1.807, 2.05) is 0 Å². The minimum Gasteiger partial charge on any atom is -0.493 e. The summed E-state index contributed by atoms with van der Waals surface area (Å²) < 4.78 is 38.7. The van der Waals surface area contributed by atoms with Gasteiger partial charge in [-0.3, -0.25) is 4.79 Å². The summed E-state index contributed by atoms with van der Waals surface area (Å²) in [5.74, 6) is 0.527. The molecule has 176 valence electrons. The molecule has 3 aromatic carbocycles. The van der Waals surface area contributed by atoms with Crippen molar-refractivity contribution in [2.24, 2.45) is 0 Å². The lowest BCUT2D eigenvalue weighted by Gasteiger charge is -2.11. The van der Waals surface area contributed by atoms with Crippen molar-refractivity contribution in [3.05, 3.63) is 83.5 Å². The number of aromatic nitrogens is 1. The molecule has 0 aliphatic rings. The van der Waals surface area contributed by atoms with E-state index in [-0.39, 0.29) is 23.1 Å². The molecule has 0 saturated carbocycles. The number of carbonyl (C=O) groups excluding carboxylic acids is 1. The van der Waals surface area contributed by atoms with Gasteiger partial charge in [0.15, 0.2) is 21.3 Å². The SMILES string of the molecule is COc1ccc(NC(=O)Cn2cc(S(=O)(=O)Cc3cccc(Cl)c3)c3ccccc32)cc1OC. The van der Waals surface area contributed by atoms with Crippen LogP contribution >= 0.6 is 11.6 Å². The number of rotatable bonds is 8. The van der Waals surface area contributed by atoms with Crippen molar-refractivity contribution >= 4 is 43.9 Å². The Morgan fingerprint density at radius 1 is 0.971 bits per heavy atom. The molecule has 0 aliphatic carbocycles. The monoisotopic (exact) mass is 498 g/mol. The van der Waals surface area contributed by atoms with Gasteiger partial charge in [-0.25, -0.2) is 8.42 Å². The van der Waals surface area contributed by atoms with Crippen LogP contribution in [0.25, 0.3) is 10.9 Å². The predicted octanol–water partition coefficient (Wildman–Crippen LogP) is 4.92. The molecule has 0 aliphatic heterocycles. The van der Waals surface area contributed by atoms with Gasteiger partial charge < -0.3 is 19.4 Å². The number of hydrogen-bond donors (Lipinski definition) is 1. The maximum absolute atomic E-state index is 13.3. The molecule has 4 rings (SSSR count). The molecule has 0 radical (unpaired) electrons. The second kappa shape index (κ2) is 9.79. The summed E-state index contributed by atoms with van der Waals surface area (Å²) in [6.45, 7) is -0.0679. The Hall–Kier alpha value is -3.49. The fourth-order valence-corrected chi connectivity index (χ4v) is 5.57. The van der Waals surface area contributed by atoms with Crippen LogP contribution in [0.4, 0.5) is 5.69 Å². The van der Waals surface area contributed by atoms with E-state index in [0.717, 1.165) is 0 Å². The van der Waals surface area contributed by atoms with Crippen LogP contribution in [0.5, 0.6) is 11.5 Å². The van der Waals surface area contributed by atoms with Crippen LogP contribution in [0.2, 0.25) is 5.02 Å². The first kappa shape index (κ1) is 23.7. The Balaban J connectivity index is 1.61. The van der Waals surface area contributed by atoms with Gasteiger partial charge >= 0.3 is 0 Å². The zero-order valence-electron chi connectivity index (χ0n) is 18.6. The minimum atomic E-state index is -3.69. The molecule has 4 aromatic rings. The fourth-order valence-electron chi connectivity index (χ4n) is 3.78. The Bertz CT molecular complexity index is 1460. The molecule has 0 spiro atoms. The molecular formula is C25H23ClN2O5S. The van der Waals surface area contributed by atoms with E-state index in [1.165, 1.54) is 20.4 Å². The topological polar surface area (TPSA) is 86.6 Å². The summed E-state index contributed by atoms with van der Waals surface area (Å²) in [5, 5.41) is 3.85. The van der Waals surface area contributed by atoms with E-state index in [0.29, 0.717) is 38.7 Å². The number of carbonyl (C=O) groups is 1. The molecule has 1 aromatic heterocycles. The van der Waals surface area contributed by atoms with Gasteiger partial charge in [-0.15, -0.1) is 0 Å². The Labute approximate surface area is 202 Å². The zero-order chi connectivity index (χ0) is 24.3. The Morgan fingerprint density at radius 2 is 1.74 bits per heavy atom.